The molecule has 0 saturated carbocycles. The van der Waals surface area contributed by atoms with Crippen molar-refractivity contribution in [2.45, 2.75) is 6.61 Å². The summed E-state index contributed by atoms with van der Waals surface area (Å²) in [4.78, 5) is 29.7. The van der Waals surface area contributed by atoms with Crippen LogP contribution in [0.1, 0.15) is 11.1 Å². The lowest BCUT2D eigenvalue weighted by Crippen LogP contribution is -2.20. The Labute approximate surface area is 259 Å². The monoisotopic (exact) mass is 706 g/mol. The molecule has 4 aromatic carbocycles. The molecule has 0 amide bonds. The lowest BCUT2D eigenvalue weighted by atomic mass is 10.2. The van der Waals surface area contributed by atoms with E-state index >= 15 is 0 Å². The van der Waals surface area contributed by atoms with Crippen LogP contribution in [0.5, 0.6) is 5.75 Å². The van der Waals surface area contributed by atoms with Gasteiger partial charge in [-0.25, -0.2) is 4.98 Å². The van der Waals surface area contributed by atoms with E-state index in [-0.39, 0.29) is 23.9 Å². The molecule has 12 heteroatoms. The number of nitrogens with zero attached hydrogens (tertiary/aromatic N) is 4. The quantitative estimate of drug-likeness (QED) is 0.0936. The smallest absolute Gasteiger partial charge is 0.312 e. The number of benzene rings is 4. The van der Waals surface area contributed by atoms with Gasteiger partial charge in [0, 0.05) is 32.1 Å². The fourth-order valence-corrected chi connectivity index (χ4v) is 5.51. The number of rotatable bonds is 7. The highest BCUT2D eigenvalue weighted by atomic mass is 79.9. The van der Waals surface area contributed by atoms with Gasteiger partial charge in [0.25, 0.3) is 5.56 Å². The molecule has 2 aromatic heterocycles. The molecular formula is C30H17Br2ClN4O5. The third-order valence-corrected chi connectivity index (χ3v) is 7.80. The molecule has 0 radical (unpaired) electrons. The maximum Gasteiger partial charge on any atom is 0.312 e. The molecule has 0 aliphatic rings. The lowest BCUT2D eigenvalue weighted by Gasteiger charge is -2.11. The normalized spacial score (nSPS) is 11.5. The second-order valence-electron chi connectivity index (χ2n) is 9.10. The van der Waals surface area contributed by atoms with Gasteiger partial charge in [-0.3, -0.25) is 14.9 Å². The predicted octanol–water partition coefficient (Wildman–Crippen LogP) is 8.36. The summed E-state index contributed by atoms with van der Waals surface area (Å²) in [6, 6.07) is 24.2. The van der Waals surface area contributed by atoms with Crippen LogP contribution in [0.25, 0.3) is 33.5 Å². The van der Waals surface area contributed by atoms with Gasteiger partial charge in [0.2, 0.25) is 11.6 Å². The molecule has 42 heavy (non-hydrogen) atoms. The van der Waals surface area contributed by atoms with Crippen LogP contribution in [-0.4, -0.2) is 20.8 Å². The second kappa shape index (κ2) is 11.5. The molecule has 0 aliphatic heterocycles. The Hall–Kier alpha value is -4.32. The van der Waals surface area contributed by atoms with Gasteiger partial charge in [-0.15, -0.1) is 0 Å². The van der Waals surface area contributed by atoms with Gasteiger partial charge in [-0.05, 0) is 64.5 Å². The minimum absolute atomic E-state index is 0.0299. The summed E-state index contributed by atoms with van der Waals surface area (Å²) < 4.78 is 14.1. The van der Waals surface area contributed by atoms with Crippen molar-refractivity contribution < 1.29 is 14.1 Å². The zero-order valence-electron chi connectivity index (χ0n) is 21.3. The van der Waals surface area contributed by atoms with Crippen LogP contribution in [0.2, 0.25) is 5.02 Å². The van der Waals surface area contributed by atoms with Crippen molar-refractivity contribution in [3.63, 3.8) is 0 Å². The summed E-state index contributed by atoms with van der Waals surface area (Å²) in [6.07, 6.45) is 1.34. The van der Waals surface area contributed by atoms with Crippen molar-refractivity contribution in [3.05, 3.63) is 130 Å². The molecule has 6 rings (SSSR count). The van der Waals surface area contributed by atoms with E-state index in [1.807, 2.05) is 18.2 Å². The molecular weight excluding hydrogens is 692 g/mol. The third-order valence-electron chi connectivity index (χ3n) is 6.35. The maximum atomic E-state index is 13.6. The molecule has 0 aliphatic carbocycles. The van der Waals surface area contributed by atoms with Gasteiger partial charge in [-0.2, -0.15) is 9.78 Å². The van der Waals surface area contributed by atoms with Crippen molar-refractivity contribution in [1.29, 1.82) is 0 Å². The van der Waals surface area contributed by atoms with Gasteiger partial charge in [0.05, 0.1) is 26.5 Å². The molecule has 0 bridgehead atoms. The first-order valence-corrected chi connectivity index (χ1v) is 14.3. The van der Waals surface area contributed by atoms with Crippen LogP contribution < -0.4 is 10.3 Å². The predicted molar refractivity (Wildman–Crippen MR) is 168 cm³/mol. The van der Waals surface area contributed by atoms with Crippen molar-refractivity contribution in [2.75, 3.05) is 0 Å². The van der Waals surface area contributed by atoms with Crippen LogP contribution in [-0.2, 0) is 6.61 Å². The van der Waals surface area contributed by atoms with E-state index in [0.29, 0.717) is 42.9 Å². The summed E-state index contributed by atoms with van der Waals surface area (Å²) in [7, 11) is 0. The van der Waals surface area contributed by atoms with Crippen LogP contribution in [0, 0.1) is 10.1 Å². The van der Waals surface area contributed by atoms with Gasteiger partial charge >= 0.3 is 5.69 Å². The molecule has 6 aromatic rings. The highest BCUT2D eigenvalue weighted by Gasteiger charge is 2.21. The van der Waals surface area contributed by atoms with Crippen molar-refractivity contribution in [1.82, 2.24) is 9.66 Å². The molecule has 0 N–H and O–H groups in total. The van der Waals surface area contributed by atoms with Gasteiger partial charge in [-0.1, -0.05) is 57.9 Å². The topological polar surface area (TPSA) is 113 Å². The van der Waals surface area contributed by atoms with Crippen molar-refractivity contribution in [2.24, 2.45) is 5.10 Å². The highest BCUT2D eigenvalue weighted by molar-refractivity contribution is 9.10. The molecule has 0 spiro atoms. The first-order valence-electron chi connectivity index (χ1n) is 12.4. The lowest BCUT2D eigenvalue weighted by molar-refractivity contribution is -0.386. The summed E-state index contributed by atoms with van der Waals surface area (Å²) in [5, 5.41) is 18.0. The van der Waals surface area contributed by atoms with Gasteiger partial charge in [0.15, 0.2) is 5.76 Å². The van der Waals surface area contributed by atoms with Crippen LogP contribution in [0.15, 0.2) is 108 Å². The van der Waals surface area contributed by atoms with Gasteiger partial charge in [0.1, 0.15) is 12.2 Å². The molecule has 208 valence electrons. The Morgan fingerprint density at radius 2 is 1.83 bits per heavy atom. The van der Waals surface area contributed by atoms with E-state index in [2.05, 4.69) is 41.9 Å². The fourth-order valence-electron chi connectivity index (χ4n) is 4.36. The maximum absolute atomic E-state index is 13.6. The zero-order valence-corrected chi connectivity index (χ0v) is 25.3. The average molecular weight is 709 g/mol. The van der Waals surface area contributed by atoms with E-state index in [9.17, 15) is 14.9 Å². The second-order valence-corrected chi connectivity index (χ2v) is 11.3. The number of para-hydroxylation sites is 1. The summed E-state index contributed by atoms with van der Waals surface area (Å²) >= 11 is 13.0. The number of halogens is 3. The number of nitro benzene ring substituents is 1. The number of fused-ring (bicyclic) bond motifs is 2. The number of furan rings is 1. The fraction of sp³-hybridized carbons (Fsp3) is 0.0333. The zero-order chi connectivity index (χ0) is 29.4. The summed E-state index contributed by atoms with van der Waals surface area (Å²) in [5.41, 5.74) is 1.40. The van der Waals surface area contributed by atoms with Crippen LogP contribution in [0.4, 0.5) is 5.69 Å². The number of aromatic nitrogens is 2. The van der Waals surface area contributed by atoms with Gasteiger partial charge < -0.3 is 9.15 Å². The Morgan fingerprint density at radius 1 is 1.05 bits per heavy atom. The van der Waals surface area contributed by atoms with E-state index in [0.717, 1.165) is 14.5 Å². The molecule has 0 atom stereocenters. The Morgan fingerprint density at radius 3 is 2.64 bits per heavy atom. The Balaban J connectivity index is 1.42. The Bertz CT molecular complexity index is 2110. The summed E-state index contributed by atoms with van der Waals surface area (Å²) in [5.74, 6) is 0.546. The van der Waals surface area contributed by atoms with Crippen molar-refractivity contribution in [3.8, 4) is 17.3 Å². The third kappa shape index (κ3) is 5.46. The first-order chi connectivity index (χ1) is 20.3. The van der Waals surface area contributed by atoms with E-state index < -0.39 is 10.5 Å². The van der Waals surface area contributed by atoms with Crippen LogP contribution in [0.3, 0.4) is 0 Å². The van der Waals surface area contributed by atoms with Crippen molar-refractivity contribution >= 4 is 77.2 Å². The number of hydrogen-bond donors (Lipinski definition) is 0. The minimum Gasteiger partial charge on any atom is -0.481 e. The number of nitro groups is 1. The van der Waals surface area contributed by atoms with Crippen LogP contribution >= 0.6 is 43.5 Å². The molecule has 0 saturated heterocycles. The largest absolute Gasteiger partial charge is 0.481 e. The number of ether oxygens (including phenoxy) is 1. The van der Waals surface area contributed by atoms with E-state index in [1.54, 1.807) is 60.7 Å². The van der Waals surface area contributed by atoms with E-state index in [1.165, 1.54) is 12.3 Å². The molecule has 0 unspecified atom stereocenters. The minimum atomic E-state index is -0.550. The summed E-state index contributed by atoms with van der Waals surface area (Å²) in [6.45, 7) is 0.0299. The molecule has 2 heterocycles. The highest BCUT2D eigenvalue weighted by Crippen LogP contribution is 2.37. The molecule has 9 nitrogen and oxygen atoms in total. The standard InChI is InChI=1S/C30H17Br2ClN4O5/c31-20-9-10-26-19(13-20)14-27(42-26)29-35-24-8-4-2-6-21(24)30(38)36(29)34-15-17-11-22(32)28(25(12-17)37(39)40)41-16-18-5-1-3-7-23(18)33/h1-15H,16H2. The Kier molecular flexibility index (Phi) is 7.63. The first kappa shape index (κ1) is 27.8. The average Bonchev–Trinajstić information content (AvgIpc) is 3.39. The SMILES string of the molecule is O=c1c2ccccc2nc(-c2cc3cc(Br)ccc3o2)n1N=Cc1cc(Br)c(OCc2ccccc2Cl)c([N+](=O)[O-])c1. The number of hydrogen-bond acceptors (Lipinski definition) is 7. The van der Waals surface area contributed by atoms with E-state index in [4.69, 9.17) is 20.8 Å². The molecule has 0 fully saturated rings.